The van der Waals surface area contributed by atoms with Crippen LogP contribution in [0.1, 0.15) is 5.76 Å². The van der Waals surface area contributed by atoms with Crippen LogP contribution in [0.5, 0.6) is 0 Å². The Hall–Kier alpha value is -0.485. The van der Waals surface area contributed by atoms with E-state index in [1.165, 1.54) is 0 Å². The molecule has 0 aromatic carbocycles. The summed E-state index contributed by atoms with van der Waals surface area (Å²) in [5, 5.41) is 15.9. The van der Waals surface area contributed by atoms with Crippen molar-refractivity contribution in [3.05, 3.63) is 11.8 Å². The van der Waals surface area contributed by atoms with Gasteiger partial charge in [0.05, 0.1) is 5.33 Å². The highest BCUT2D eigenvalue weighted by atomic mass is 79.9. The summed E-state index contributed by atoms with van der Waals surface area (Å²) < 4.78 is 4.84. The van der Waals surface area contributed by atoms with Gasteiger partial charge in [0.15, 0.2) is 5.82 Å². The fourth-order valence-corrected chi connectivity index (χ4v) is 0.922. The minimum absolute atomic E-state index is 0.550. The Kier molecular flexibility index (Phi) is 2.96. The summed E-state index contributed by atoms with van der Waals surface area (Å²) in [5.74, 6) is 1.28. The van der Waals surface area contributed by atoms with Crippen molar-refractivity contribution in [2.45, 2.75) is 12.2 Å². The van der Waals surface area contributed by atoms with Crippen molar-refractivity contribution < 1.29 is 9.55 Å². The highest BCUT2D eigenvalue weighted by Crippen LogP contribution is 2.11. The maximum absolute atomic E-state index is 8.88. The molecule has 0 atom stereocenters. The molecular formula is C5H8BBrN2O2. The zero-order chi connectivity index (χ0) is 8.27. The molecule has 4 nitrogen and oxygen atoms in total. The van der Waals surface area contributed by atoms with Crippen LogP contribution in [0.4, 0.5) is 5.82 Å². The Balaban J connectivity index is 2.58. The van der Waals surface area contributed by atoms with Gasteiger partial charge in [0.25, 0.3) is 0 Å². The summed E-state index contributed by atoms with van der Waals surface area (Å²) >= 11 is 3.21. The summed E-state index contributed by atoms with van der Waals surface area (Å²) in [6, 6.07) is 1.72. The van der Waals surface area contributed by atoms with Crippen LogP contribution >= 0.6 is 15.9 Å². The summed E-state index contributed by atoms with van der Waals surface area (Å²) in [6.07, 6.45) is 0. The molecule has 0 aliphatic heterocycles. The van der Waals surface area contributed by atoms with Crippen LogP contribution in [-0.4, -0.2) is 17.2 Å². The standard InChI is InChI=1S/C5H8BBrN2O2/c1-6(10)8-5-2-4(3-7)11-9-5/h2,10H,3H2,1H3,(H,8,9). The van der Waals surface area contributed by atoms with Gasteiger partial charge in [-0.2, -0.15) is 0 Å². The molecule has 1 heterocycles. The van der Waals surface area contributed by atoms with Gasteiger partial charge in [-0.15, -0.1) is 0 Å². The van der Waals surface area contributed by atoms with E-state index in [9.17, 15) is 0 Å². The number of aromatic nitrogens is 1. The topological polar surface area (TPSA) is 58.3 Å². The van der Waals surface area contributed by atoms with Crippen LogP contribution in [0.25, 0.3) is 0 Å². The van der Waals surface area contributed by atoms with Crippen molar-refractivity contribution >= 4 is 28.8 Å². The highest BCUT2D eigenvalue weighted by molar-refractivity contribution is 9.08. The van der Waals surface area contributed by atoms with Gasteiger partial charge in [-0.05, 0) is 6.82 Å². The van der Waals surface area contributed by atoms with Crippen LogP contribution in [0.3, 0.4) is 0 Å². The van der Waals surface area contributed by atoms with E-state index in [1.807, 2.05) is 0 Å². The minimum Gasteiger partial charge on any atom is -0.433 e. The lowest BCUT2D eigenvalue weighted by Crippen LogP contribution is -2.19. The second-order valence-electron chi connectivity index (χ2n) is 2.13. The highest BCUT2D eigenvalue weighted by Gasteiger charge is 2.06. The van der Waals surface area contributed by atoms with E-state index in [-0.39, 0.29) is 0 Å². The lowest BCUT2D eigenvalue weighted by atomic mass is 9.89. The van der Waals surface area contributed by atoms with Gasteiger partial charge in [0.2, 0.25) is 0 Å². The normalized spacial score (nSPS) is 9.73. The number of nitrogens with one attached hydrogen (secondary N) is 1. The smallest absolute Gasteiger partial charge is 0.408 e. The SMILES string of the molecule is CB(O)Nc1cc(CBr)on1. The number of alkyl halides is 1. The third kappa shape index (κ3) is 2.55. The van der Waals surface area contributed by atoms with Gasteiger partial charge in [0, 0.05) is 6.07 Å². The molecule has 0 aliphatic rings. The van der Waals surface area contributed by atoms with Gasteiger partial charge < -0.3 is 14.8 Å². The van der Waals surface area contributed by atoms with Crippen molar-refractivity contribution in [1.29, 1.82) is 0 Å². The Morgan fingerprint density at radius 2 is 2.64 bits per heavy atom. The molecule has 6 heteroatoms. The summed E-state index contributed by atoms with van der Waals surface area (Å²) in [5.41, 5.74) is 0. The maximum Gasteiger partial charge on any atom is 0.408 e. The molecule has 2 N–H and O–H groups in total. The molecule has 0 fully saturated rings. The zero-order valence-corrected chi connectivity index (χ0v) is 7.63. The Labute approximate surface area is 73.2 Å². The number of halogens is 1. The largest absolute Gasteiger partial charge is 0.433 e. The van der Waals surface area contributed by atoms with Gasteiger partial charge in [-0.3, -0.25) is 0 Å². The van der Waals surface area contributed by atoms with Crippen molar-refractivity contribution in [3.63, 3.8) is 0 Å². The van der Waals surface area contributed by atoms with Crippen LogP contribution in [0.15, 0.2) is 10.6 Å². The fraction of sp³-hybridized carbons (Fsp3) is 0.400. The molecule has 0 amide bonds. The molecule has 0 radical (unpaired) electrons. The maximum atomic E-state index is 8.88. The minimum atomic E-state index is -0.608. The van der Waals surface area contributed by atoms with E-state index < -0.39 is 7.05 Å². The molecule has 0 saturated heterocycles. The fourth-order valence-electron chi connectivity index (χ4n) is 0.658. The Morgan fingerprint density at radius 1 is 1.91 bits per heavy atom. The number of nitrogens with zero attached hydrogens (tertiary/aromatic N) is 1. The third-order valence-electron chi connectivity index (χ3n) is 1.05. The number of anilines is 1. The Bertz CT molecular complexity index is 228. The van der Waals surface area contributed by atoms with E-state index in [4.69, 9.17) is 9.55 Å². The van der Waals surface area contributed by atoms with Crippen molar-refractivity contribution in [2.24, 2.45) is 0 Å². The third-order valence-corrected chi connectivity index (χ3v) is 1.60. The molecular weight excluding hydrogens is 211 g/mol. The van der Waals surface area contributed by atoms with Crippen molar-refractivity contribution in [3.8, 4) is 0 Å². The molecule has 0 spiro atoms. The molecule has 0 aliphatic carbocycles. The predicted molar refractivity (Wildman–Crippen MR) is 46.6 cm³/mol. The van der Waals surface area contributed by atoms with E-state index in [1.54, 1.807) is 12.9 Å². The lowest BCUT2D eigenvalue weighted by molar-refractivity contribution is 0.398. The van der Waals surface area contributed by atoms with E-state index in [0.717, 1.165) is 5.76 Å². The monoisotopic (exact) mass is 218 g/mol. The first-order valence-electron chi connectivity index (χ1n) is 3.18. The van der Waals surface area contributed by atoms with Gasteiger partial charge in [-0.25, -0.2) is 0 Å². The quantitative estimate of drug-likeness (QED) is 0.589. The molecule has 1 aromatic heterocycles. The van der Waals surface area contributed by atoms with Gasteiger partial charge in [0.1, 0.15) is 5.76 Å². The molecule has 1 rings (SSSR count). The van der Waals surface area contributed by atoms with Crippen LogP contribution in [-0.2, 0) is 5.33 Å². The summed E-state index contributed by atoms with van der Waals surface area (Å²) in [7, 11) is -0.608. The average Bonchev–Trinajstić information content (AvgIpc) is 2.34. The van der Waals surface area contributed by atoms with Crippen LogP contribution < -0.4 is 5.23 Å². The predicted octanol–water partition coefficient (Wildman–Crippen LogP) is 1.09. The molecule has 60 valence electrons. The second-order valence-corrected chi connectivity index (χ2v) is 2.69. The molecule has 0 saturated carbocycles. The van der Waals surface area contributed by atoms with Crippen molar-refractivity contribution in [1.82, 2.24) is 5.16 Å². The van der Waals surface area contributed by atoms with Gasteiger partial charge >= 0.3 is 7.05 Å². The second kappa shape index (κ2) is 3.78. The molecule has 0 unspecified atom stereocenters. The molecule has 11 heavy (non-hydrogen) atoms. The lowest BCUT2D eigenvalue weighted by Gasteiger charge is -1.97. The van der Waals surface area contributed by atoms with Crippen molar-refractivity contribution in [2.75, 3.05) is 5.23 Å². The average molecular weight is 219 g/mol. The summed E-state index contributed by atoms with van der Waals surface area (Å²) in [6.45, 7) is 1.61. The number of rotatable bonds is 3. The number of hydrogen-bond acceptors (Lipinski definition) is 4. The van der Waals surface area contributed by atoms with E-state index >= 15 is 0 Å². The van der Waals surface area contributed by atoms with Gasteiger partial charge in [-0.1, -0.05) is 21.1 Å². The van der Waals surface area contributed by atoms with Crippen LogP contribution in [0.2, 0.25) is 6.82 Å². The van der Waals surface area contributed by atoms with E-state index in [0.29, 0.717) is 11.1 Å². The van der Waals surface area contributed by atoms with Crippen LogP contribution in [0, 0.1) is 0 Å². The first-order chi connectivity index (χ1) is 5.22. The molecule has 1 aromatic rings. The summed E-state index contributed by atoms with van der Waals surface area (Å²) in [4.78, 5) is 0. The first kappa shape index (κ1) is 8.61. The molecule has 0 bridgehead atoms. The first-order valence-corrected chi connectivity index (χ1v) is 4.30. The zero-order valence-electron chi connectivity index (χ0n) is 6.04. The number of hydrogen-bond donors (Lipinski definition) is 2. The Morgan fingerprint density at radius 3 is 3.09 bits per heavy atom. The van der Waals surface area contributed by atoms with E-state index in [2.05, 4.69) is 26.3 Å².